The zero-order chi connectivity index (χ0) is 13.8. The Labute approximate surface area is 113 Å². The van der Waals surface area contributed by atoms with Crippen molar-refractivity contribution in [1.82, 2.24) is 5.32 Å². The number of nitrogen functional groups attached to an aromatic ring is 1. The van der Waals surface area contributed by atoms with Crippen LogP contribution < -0.4 is 16.0 Å². The van der Waals surface area contributed by atoms with Crippen LogP contribution in [0, 0.1) is 0 Å². The monoisotopic (exact) mass is 263 g/mol. The molecule has 2 rings (SSSR count). The minimum absolute atomic E-state index is 0.0900. The highest BCUT2D eigenvalue weighted by Gasteiger charge is 2.20. The van der Waals surface area contributed by atoms with Crippen LogP contribution in [0.5, 0.6) is 0 Å². The highest BCUT2D eigenvalue weighted by Crippen LogP contribution is 2.25. The second kappa shape index (κ2) is 5.93. The summed E-state index contributed by atoms with van der Waals surface area (Å²) in [5.74, 6) is -0.0900. The second-order valence-corrected chi connectivity index (χ2v) is 4.84. The number of carbonyl (C=O) groups is 1. The maximum absolute atomic E-state index is 11.9. The average Bonchev–Trinajstić information content (AvgIpc) is 2.62. The summed E-state index contributed by atoms with van der Waals surface area (Å²) in [6.07, 6.45) is 1.10. The lowest BCUT2D eigenvalue weighted by Crippen LogP contribution is -2.32. The molecule has 1 heterocycles. The summed E-state index contributed by atoms with van der Waals surface area (Å²) in [7, 11) is 1.64. The molecule has 0 bridgehead atoms. The Morgan fingerprint density at radius 3 is 3.05 bits per heavy atom. The van der Waals surface area contributed by atoms with E-state index in [9.17, 15) is 4.79 Å². The van der Waals surface area contributed by atoms with Gasteiger partial charge in [0.1, 0.15) is 0 Å². The van der Waals surface area contributed by atoms with Crippen LogP contribution in [0.15, 0.2) is 18.2 Å². The van der Waals surface area contributed by atoms with Gasteiger partial charge in [-0.3, -0.25) is 4.79 Å². The quantitative estimate of drug-likeness (QED) is 0.788. The van der Waals surface area contributed by atoms with Gasteiger partial charge in [0.05, 0.1) is 17.4 Å². The van der Waals surface area contributed by atoms with Gasteiger partial charge in [-0.25, -0.2) is 0 Å². The molecule has 1 atom stereocenters. The molecule has 1 aromatic rings. The van der Waals surface area contributed by atoms with Crippen molar-refractivity contribution in [2.45, 2.75) is 19.4 Å². The molecule has 1 saturated heterocycles. The summed E-state index contributed by atoms with van der Waals surface area (Å²) in [6, 6.07) is 5.40. The van der Waals surface area contributed by atoms with Gasteiger partial charge in [0.15, 0.2) is 0 Å². The SMILES string of the molecule is CNC(=O)c1ccc(N)cc1N1CCCOC(C)C1. The summed E-state index contributed by atoms with van der Waals surface area (Å²) < 4.78 is 5.64. The summed E-state index contributed by atoms with van der Waals surface area (Å²) in [5, 5.41) is 2.67. The number of rotatable bonds is 2. The normalized spacial score (nSPS) is 19.9. The Morgan fingerprint density at radius 2 is 2.32 bits per heavy atom. The van der Waals surface area contributed by atoms with E-state index < -0.39 is 0 Å². The highest BCUT2D eigenvalue weighted by molar-refractivity contribution is 6.00. The fourth-order valence-electron chi connectivity index (χ4n) is 2.35. The van der Waals surface area contributed by atoms with Gasteiger partial charge in [-0.15, -0.1) is 0 Å². The van der Waals surface area contributed by atoms with Crippen LogP contribution in [0.2, 0.25) is 0 Å². The Morgan fingerprint density at radius 1 is 1.53 bits per heavy atom. The molecule has 104 valence electrons. The first kappa shape index (κ1) is 13.7. The van der Waals surface area contributed by atoms with E-state index in [1.165, 1.54) is 0 Å². The number of nitrogens with zero attached hydrogens (tertiary/aromatic N) is 1. The maximum Gasteiger partial charge on any atom is 0.253 e. The van der Waals surface area contributed by atoms with Crippen LogP contribution in [0.4, 0.5) is 11.4 Å². The van der Waals surface area contributed by atoms with Crippen LogP contribution >= 0.6 is 0 Å². The number of benzene rings is 1. The van der Waals surface area contributed by atoms with Crippen molar-refractivity contribution >= 4 is 17.3 Å². The van der Waals surface area contributed by atoms with Crippen LogP contribution in [0.25, 0.3) is 0 Å². The van der Waals surface area contributed by atoms with Gasteiger partial charge in [-0.1, -0.05) is 0 Å². The molecule has 0 spiro atoms. The number of amides is 1. The molecule has 1 unspecified atom stereocenters. The largest absolute Gasteiger partial charge is 0.399 e. The Bertz CT molecular complexity index is 462. The molecule has 0 aromatic heterocycles. The zero-order valence-electron chi connectivity index (χ0n) is 11.5. The Hall–Kier alpha value is -1.75. The van der Waals surface area contributed by atoms with Gasteiger partial charge in [-0.2, -0.15) is 0 Å². The lowest BCUT2D eigenvalue weighted by Gasteiger charge is -2.26. The molecule has 1 fully saturated rings. The van der Waals surface area contributed by atoms with Crippen molar-refractivity contribution in [3.05, 3.63) is 23.8 Å². The first-order chi connectivity index (χ1) is 9.11. The minimum atomic E-state index is -0.0900. The van der Waals surface area contributed by atoms with Crippen molar-refractivity contribution < 1.29 is 9.53 Å². The molecular formula is C14H21N3O2. The van der Waals surface area contributed by atoms with E-state index in [0.29, 0.717) is 11.3 Å². The Balaban J connectivity index is 2.35. The number of nitrogens with two attached hydrogens (primary N) is 1. The van der Waals surface area contributed by atoms with E-state index in [1.807, 2.05) is 13.0 Å². The fraction of sp³-hybridized carbons (Fsp3) is 0.500. The predicted octanol–water partition coefficient (Wildman–Crippen LogP) is 1.24. The topological polar surface area (TPSA) is 67.6 Å². The molecule has 1 amide bonds. The molecule has 1 aromatic carbocycles. The van der Waals surface area contributed by atoms with Crippen LogP contribution in [-0.2, 0) is 4.74 Å². The molecule has 5 heteroatoms. The molecule has 1 aliphatic heterocycles. The van der Waals surface area contributed by atoms with Gasteiger partial charge in [0, 0.05) is 32.4 Å². The predicted molar refractivity (Wildman–Crippen MR) is 76.5 cm³/mol. The van der Waals surface area contributed by atoms with E-state index in [0.717, 1.165) is 31.8 Å². The number of hydrogen-bond donors (Lipinski definition) is 2. The Kier molecular flexibility index (Phi) is 4.27. The summed E-state index contributed by atoms with van der Waals surface area (Å²) in [5.41, 5.74) is 8.07. The molecule has 3 N–H and O–H groups in total. The van der Waals surface area contributed by atoms with Gasteiger partial charge < -0.3 is 20.7 Å². The third-order valence-electron chi connectivity index (χ3n) is 3.29. The summed E-state index contributed by atoms with van der Waals surface area (Å²) >= 11 is 0. The van der Waals surface area contributed by atoms with Crippen LogP contribution in [0.3, 0.4) is 0 Å². The number of carbonyl (C=O) groups excluding carboxylic acids is 1. The van der Waals surface area contributed by atoms with Crippen molar-refractivity contribution in [2.24, 2.45) is 0 Å². The minimum Gasteiger partial charge on any atom is -0.399 e. The molecule has 19 heavy (non-hydrogen) atoms. The second-order valence-electron chi connectivity index (χ2n) is 4.84. The van der Waals surface area contributed by atoms with E-state index in [4.69, 9.17) is 10.5 Å². The fourth-order valence-corrected chi connectivity index (χ4v) is 2.35. The molecule has 0 aliphatic carbocycles. The van der Waals surface area contributed by atoms with Gasteiger partial charge in [0.25, 0.3) is 5.91 Å². The van der Waals surface area contributed by atoms with Crippen molar-refractivity contribution in [3.8, 4) is 0 Å². The number of anilines is 2. The average molecular weight is 263 g/mol. The van der Waals surface area contributed by atoms with Crippen LogP contribution in [0.1, 0.15) is 23.7 Å². The lowest BCUT2D eigenvalue weighted by molar-refractivity contribution is 0.0820. The van der Waals surface area contributed by atoms with E-state index in [1.54, 1.807) is 19.2 Å². The third kappa shape index (κ3) is 3.17. The summed E-state index contributed by atoms with van der Waals surface area (Å²) in [4.78, 5) is 14.1. The van der Waals surface area contributed by atoms with E-state index in [2.05, 4.69) is 10.2 Å². The third-order valence-corrected chi connectivity index (χ3v) is 3.29. The van der Waals surface area contributed by atoms with Crippen LogP contribution in [-0.4, -0.2) is 38.8 Å². The number of hydrogen-bond acceptors (Lipinski definition) is 4. The maximum atomic E-state index is 11.9. The van der Waals surface area contributed by atoms with Gasteiger partial charge >= 0.3 is 0 Å². The summed E-state index contributed by atoms with van der Waals surface area (Å²) in [6.45, 7) is 4.45. The smallest absolute Gasteiger partial charge is 0.253 e. The molecule has 5 nitrogen and oxygen atoms in total. The number of ether oxygens (including phenoxy) is 1. The lowest BCUT2D eigenvalue weighted by atomic mass is 10.1. The first-order valence-electron chi connectivity index (χ1n) is 6.60. The molecular weight excluding hydrogens is 242 g/mol. The van der Waals surface area contributed by atoms with E-state index in [-0.39, 0.29) is 12.0 Å². The van der Waals surface area contributed by atoms with Crippen molar-refractivity contribution in [2.75, 3.05) is 37.4 Å². The molecule has 0 radical (unpaired) electrons. The highest BCUT2D eigenvalue weighted by atomic mass is 16.5. The zero-order valence-corrected chi connectivity index (χ0v) is 11.5. The van der Waals surface area contributed by atoms with E-state index >= 15 is 0 Å². The molecule has 1 aliphatic rings. The van der Waals surface area contributed by atoms with Crippen molar-refractivity contribution in [3.63, 3.8) is 0 Å². The van der Waals surface area contributed by atoms with Gasteiger partial charge in [-0.05, 0) is 31.5 Å². The van der Waals surface area contributed by atoms with Gasteiger partial charge in [0.2, 0.25) is 0 Å². The molecule has 0 saturated carbocycles. The standard InChI is InChI=1S/C14H21N3O2/c1-10-9-17(6-3-7-19-10)13-8-11(15)4-5-12(13)14(18)16-2/h4-5,8,10H,3,6-7,9,15H2,1-2H3,(H,16,18). The first-order valence-corrected chi connectivity index (χ1v) is 6.60. The number of nitrogens with one attached hydrogen (secondary N) is 1. The van der Waals surface area contributed by atoms with Crippen molar-refractivity contribution in [1.29, 1.82) is 0 Å².